The van der Waals surface area contributed by atoms with Crippen LogP contribution in [0.15, 0.2) is 30.3 Å². The first-order chi connectivity index (χ1) is 7.72. The minimum atomic E-state index is 0.246. The monoisotopic (exact) mass is 220 g/mol. The Balaban J connectivity index is 2.26. The van der Waals surface area contributed by atoms with Gasteiger partial charge in [0.25, 0.3) is 0 Å². The third-order valence-corrected chi connectivity index (χ3v) is 2.62. The molecule has 0 spiro atoms. The Morgan fingerprint density at radius 1 is 1.31 bits per heavy atom. The summed E-state index contributed by atoms with van der Waals surface area (Å²) in [5, 5.41) is 0. The molecule has 88 valence electrons. The van der Waals surface area contributed by atoms with Crippen LogP contribution in [-0.2, 0) is 16.1 Å². The first kappa shape index (κ1) is 12.9. The maximum Gasteiger partial charge on any atom is 0.130 e. The van der Waals surface area contributed by atoms with E-state index in [1.54, 1.807) is 6.92 Å². The Labute approximate surface area is 97.6 Å². The predicted molar refractivity (Wildman–Crippen MR) is 65.2 cm³/mol. The molecule has 0 amide bonds. The highest BCUT2D eigenvalue weighted by atomic mass is 16.5. The van der Waals surface area contributed by atoms with Gasteiger partial charge in [0.05, 0.1) is 13.2 Å². The highest BCUT2D eigenvalue weighted by Gasteiger charge is 2.09. The zero-order valence-corrected chi connectivity index (χ0v) is 10.1. The van der Waals surface area contributed by atoms with E-state index in [0.29, 0.717) is 25.6 Å². The van der Waals surface area contributed by atoms with E-state index in [0.717, 1.165) is 6.42 Å². The Kier molecular flexibility index (Phi) is 5.79. The Bertz CT molecular complexity index is 306. The van der Waals surface area contributed by atoms with Gasteiger partial charge in [0.2, 0.25) is 0 Å². The lowest BCUT2D eigenvalue weighted by Gasteiger charge is -2.13. The molecule has 1 rings (SSSR count). The summed E-state index contributed by atoms with van der Waals surface area (Å²) in [4.78, 5) is 11.0. The number of Topliss-reactive ketones (excluding diaryl/α,β-unsaturated/α-hetero) is 1. The molecule has 0 fully saturated rings. The van der Waals surface area contributed by atoms with Gasteiger partial charge in [0.1, 0.15) is 5.78 Å². The Morgan fingerprint density at radius 3 is 2.56 bits per heavy atom. The molecule has 1 aromatic rings. The lowest BCUT2D eigenvalue weighted by Crippen LogP contribution is -2.12. The molecule has 0 aliphatic carbocycles. The highest BCUT2D eigenvalue weighted by Crippen LogP contribution is 2.10. The van der Waals surface area contributed by atoms with Gasteiger partial charge in [-0.15, -0.1) is 0 Å². The van der Waals surface area contributed by atoms with E-state index in [9.17, 15) is 4.79 Å². The second kappa shape index (κ2) is 7.18. The van der Waals surface area contributed by atoms with E-state index in [2.05, 4.69) is 6.92 Å². The summed E-state index contributed by atoms with van der Waals surface area (Å²) in [5.74, 6) is 0.608. The fraction of sp³-hybridized carbons (Fsp3) is 0.500. The third kappa shape index (κ3) is 5.08. The van der Waals surface area contributed by atoms with Crippen molar-refractivity contribution in [2.24, 2.45) is 5.92 Å². The van der Waals surface area contributed by atoms with E-state index >= 15 is 0 Å². The largest absolute Gasteiger partial charge is 0.376 e. The van der Waals surface area contributed by atoms with Gasteiger partial charge in [0, 0.05) is 6.42 Å². The van der Waals surface area contributed by atoms with Crippen LogP contribution < -0.4 is 0 Å². The fourth-order valence-corrected chi connectivity index (χ4v) is 1.65. The maximum atomic E-state index is 11.0. The van der Waals surface area contributed by atoms with Crippen molar-refractivity contribution in [3.8, 4) is 0 Å². The normalized spacial score (nSPS) is 12.4. The van der Waals surface area contributed by atoms with Crippen molar-refractivity contribution in [1.29, 1.82) is 0 Å². The second-order valence-electron chi connectivity index (χ2n) is 4.18. The van der Waals surface area contributed by atoms with Crippen molar-refractivity contribution in [3.05, 3.63) is 35.9 Å². The molecular formula is C14H20O2. The number of ketones is 1. The smallest absolute Gasteiger partial charge is 0.130 e. The minimum Gasteiger partial charge on any atom is -0.376 e. The number of hydrogen-bond acceptors (Lipinski definition) is 2. The Morgan fingerprint density at radius 2 is 2.00 bits per heavy atom. The molecule has 0 unspecified atom stereocenters. The summed E-state index contributed by atoms with van der Waals surface area (Å²) >= 11 is 0. The van der Waals surface area contributed by atoms with Crippen LogP contribution in [0.2, 0.25) is 0 Å². The number of benzene rings is 1. The molecule has 0 aromatic heterocycles. The van der Waals surface area contributed by atoms with Crippen molar-refractivity contribution < 1.29 is 9.53 Å². The molecule has 16 heavy (non-hydrogen) atoms. The van der Waals surface area contributed by atoms with E-state index in [4.69, 9.17) is 4.74 Å². The first-order valence-corrected chi connectivity index (χ1v) is 5.83. The minimum absolute atomic E-state index is 0.246. The van der Waals surface area contributed by atoms with Crippen molar-refractivity contribution in [2.45, 2.75) is 33.3 Å². The average molecular weight is 220 g/mol. The van der Waals surface area contributed by atoms with E-state index in [1.807, 2.05) is 30.3 Å². The molecule has 2 heteroatoms. The lowest BCUT2D eigenvalue weighted by atomic mass is 10.0. The zero-order chi connectivity index (χ0) is 11.8. The van der Waals surface area contributed by atoms with Crippen LogP contribution in [0.25, 0.3) is 0 Å². The number of hydrogen-bond donors (Lipinski definition) is 0. The SMILES string of the molecule is CC[C@@H](COCc1ccccc1)CC(C)=O. The molecule has 1 aromatic carbocycles. The summed E-state index contributed by atoms with van der Waals surface area (Å²) in [5.41, 5.74) is 1.18. The van der Waals surface area contributed by atoms with Gasteiger partial charge in [-0.2, -0.15) is 0 Å². The summed E-state index contributed by atoms with van der Waals surface area (Å²) < 4.78 is 5.62. The van der Waals surface area contributed by atoms with Crippen LogP contribution in [0.1, 0.15) is 32.3 Å². The van der Waals surface area contributed by atoms with Gasteiger partial charge >= 0.3 is 0 Å². The van der Waals surface area contributed by atoms with Gasteiger partial charge in [-0.1, -0.05) is 43.7 Å². The third-order valence-electron chi connectivity index (χ3n) is 2.62. The molecule has 0 aliphatic heterocycles. The van der Waals surface area contributed by atoms with Crippen molar-refractivity contribution in [3.63, 3.8) is 0 Å². The summed E-state index contributed by atoms with van der Waals surface area (Å²) in [6.45, 7) is 5.04. The second-order valence-corrected chi connectivity index (χ2v) is 4.18. The molecular weight excluding hydrogens is 200 g/mol. The Hall–Kier alpha value is -1.15. The van der Waals surface area contributed by atoms with E-state index in [1.165, 1.54) is 5.56 Å². The predicted octanol–water partition coefficient (Wildman–Crippen LogP) is 3.21. The van der Waals surface area contributed by atoms with Gasteiger partial charge in [-0.05, 0) is 18.4 Å². The van der Waals surface area contributed by atoms with Crippen LogP contribution >= 0.6 is 0 Å². The molecule has 0 aliphatic rings. The highest BCUT2D eigenvalue weighted by molar-refractivity contribution is 5.75. The fourth-order valence-electron chi connectivity index (χ4n) is 1.65. The number of carbonyl (C=O) groups is 1. The molecule has 2 nitrogen and oxygen atoms in total. The van der Waals surface area contributed by atoms with Crippen molar-refractivity contribution in [1.82, 2.24) is 0 Å². The van der Waals surface area contributed by atoms with Crippen LogP contribution in [0.3, 0.4) is 0 Å². The van der Waals surface area contributed by atoms with Crippen LogP contribution in [-0.4, -0.2) is 12.4 Å². The van der Waals surface area contributed by atoms with Crippen LogP contribution in [0.5, 0.6) is 0 Å². The number of ether oxygens (including phenoxy) is 1. The summed E-state index contributed by atoms with van der Waals surface area (Å²) in [6.07, 6.45) is 1.62. The topological polar surface area (TPSA) is 26.3 Å². The lowest BCUT2D eigenvalue weighted by molar-refractivity contribution is -0.118. The molecule has 0 saturated heterocycles. The van der Waals surface area contributed by atoms with Gasteiger partial charge < -0.3 is 9.53 Å². The average Bonchev–Trinajstić information content (AvgIpc) is 2.28. The molecule has 0 bridgehead atoms. The van der Waals surface area contributed by atoms with E-state index in [-0.39, 0.29) is 5.78 Å². The van der Waals surface area contributed by atoms with Gasteiger partial charge in [0.15, 0.2) is 0 Å². The summed E-state index contributed by atoms with van der Waals surface area (Å²) in [6, 6.07) is 10.1. The zero-order valence-electron chi connectivity index (χ0n) is 10.1. The first-order valence-electron chi connectivity index (χ1n) is 5.83. The van der Waals surface area contributed by atoms with Crippen LogP contribution in [0.4, 0.5) is 0 Å². The maximum absolute atomic E-state index is 11.0. The quantitative estimate of drug-likeness (QED) is 0.705. The molecule has 0 saturated carbocycles. The number of rotatable bonds is 7. The molecule has 0 heterocycles. The number of carbonyl (C=O) groups excluding carboxylic acids is 1. The molecule has 0 radical (unpaired) electrons. The van der Waals surface area contributed by atoms with Gasteiger partial charge in [-0.25, -0.2) is 0 Å². The van der Waals surface area contributed by atoms with Crippen molar-refractivity contribution >= 4 is 5.78 Å². The van der Waals surface area contributed by atoms with Crippen LogP contribution in [0, 0.1) is 5.92 Å². The van der Waals surface area contributed by atoms with Gasteiger partial charge in [-0.3, -0.25) is 0 Å². The summed E-state index contributed by atoms with van der Waals surface area (Å²) in [7, 11) is 0. The molecule has 0 N–H and O–H groups in total. The van der Waals surface area contributed by atoms with Crippen molar-refractivity contribution in [2.75, 3.05) is 6.61 Å². The standard InChI is InChI=1S/C14H20O2/c1-3-13(9-12(2)15)10-16-11-14-7-5-4-6-8-14/h4-8,13H,3,9-11H2,1-2H3/t13-/m1/s1. The van der Waals surface area contributed by atoms with E-state index < -0.39 is 0 Å². The molecule has 1 atom stereocenters.